The van der Waals surface area contributed by atoms with Gasteiger partial charge in [-0.3, -0.25) is 9.59 Å². The van der Waals surface area contributed by atoms with E-state index in [-0.39, 0.29) is 5.63 Å². The predicted octanol–water partition coefficient (Wildman–Crippen LogP) is 2.03. The van der Waals surface area contributed by atoms with Crippen molar-refractivity contribution in [3.63, 3.8) is 0 Å². The van der Waals surface area contributed by atoms with Crippen molar-refractivity contribution >= 4 is 22.8 Å². The molecule has 26 heavy (non-hydrogen) atoms. The summed E-state index contributed by atoms with van der Waals surface area (Å²) in [5.41, 5.74) is 1.91. The molecule has 0 radical (unpaired) electrons. The van der Waals surface area contributed by atoms with Gasteiger partial charge in [-0.15, -0.1) is 0 Å². The van der Waals surface area contributed by atoms with E-state index in [0.29, 0.717) is 11.3 Å². The number of carboxylic acids is 1. The second-order valence-electron chi connectivity index (χ2n) is 6.54. The number of carbonyl (C=O) groups is 2. The number of rotatable bonds is 5. The maximum absolute atomic E-state index is 12.2. The Balaban J connectivity index is 1.82. The van der Waals surface area contributed by atoms with Crippen LogP contribution in [0.5, 0.6) is 5.75 Å². The highest BCUT2D eigenvalue weighted by Crippen LogP contribution is 2.29. The quantitative estimate of drug-likeness (QED) is 0.791. The minimum atomic E-state index is -1.12. The number of fused-ring (bicyclic) bond motifs is 3. The summed E-state index contributed by atoms with van der Waals surface area (Å²) in [4.78, 5) is 35.0. The molecule has 2 aromatic rings. The third-order valence-electron chi connectivity index (χ3n) is 4.61. The van der Waals surface area contributed by atoms with Gasteiger partial charge in [0, 0.05) is 17.0 Å². The highest BCUT2D eigenvalue weighted by atomic mass is 16.5. The number of aryl methyl sites for hydroxylation is 1. The minimum absolute atomic E-state index is 0.314. The molecule has 1 aliphatic carbocycles. The minimum Gasteiger partial charge on any atom is -0.481 e. The molecule has 2 atom stereocenters. The van der Waals surface area contributed by atoms with Crippen LogP contribution >= 0.6 is 0 Å². The molecule has 0 saturated heterocycles. The molecule has 1 aromatic carbocycles. The van der Waals surface area contributed by atoms with E-state index in [1.165, 1.54) is 13.8 Å². The first-order valence-corrected chi connectivity index (χ1v) is 8.65. The van der Waals surface area contributed by atoms with E-state index < -0.39 is 24.0 Å². The number of hydrogen-bond acceptors (Lipinski definition) is 5. The molecule has 0 saturated carbocycles. The first-order valence-electron chi connectivity index (χ1n) is 8.65. The zero-order valence-corrected chi connectivity index (χ0v) is 14.7. The Hall–Kier alpha value is -2.83. The lowest BCUT2D eigenvalue weighted by molar-refractivity contribution is -0.142. The third kappa shape index (κ3) is 3.56. The van der Waals surface area contributed by atoms with Gasteiger partial charge in [-0.2, -0.15) is 0 Å². The molecule has 0 bridgehead atoms. The first-order chi connectivity index (χ1) is 12.4. The molecule has 1 aliphatic rings. The summed E-state index contributed by atoms with van der Waals surface area (Å²) in [5.74, 6) is -1.28. The van der Waals surface area contributed by atoms with Crippen LogP contribution in [0.3, 0.4) is 0 Å². The Bertz CT molecular complexity index is 916. The van der Waals surface area contributed by atoms with E-state index in [4.69, 9.17) is 14.3 Å². The van der Waals surface area contributed by atoms with Crippen LogP contribution in [0.15, 0.2) is 27.4 Å². The Kier molecular flexibility index (Phi) is 4.97. The number of amides is 1. The molecule has 0 spiro atoms. The van der Waals surface area contributed by atoms with E-state index in [9.17, 15) is 14.4 Å². The fraction of sp³-hybridized carbons (Fsp3) is 0.421. The first kappa shape index (κ1) is 18.0. The van der Waals surface area contributed by atoms with Crippen LogP contribution in [0.1, 0.15) is 37.8 Å². The lowest BCUT2D eigenvalue weighted by Gasteiger charge is -2.18. The standard InChI is InChI=1S/C19H21NO6/c1-10(18(22)23)20-17(21)11(2)25-12-7-8-14-13-5-3-4-6-15(13)19(24)26-16(14)9-12/h7-11H,3-6H2,1-2H3,(H,20,21)(H,22,23)/t10-,11+/m0/s1. The van der Waals surface area contributed by atoms with Crippen LogP contribution in [0, 0.1) is 0 Å². The average molecular weight is 359 g/mol. The van der Waals surface area contributed by atoms with Crippen LogP contribution < -0.4 is 15.7 Å². The summed E-state index contributed by atoms with van der Waals surface area (Å²) in [7, 11) is 0. The van der Waals surface area contributed by atoms with Crippen molar-refractivity contribution in [2.24, 2.45) is 0 Å². The SMILES string of the molecule is C[C@H](NC(=O)[C@@H](C)Oc1ccc2c3c(c(=O)oc2c1)CCCC3)C(=O)O. The van der Waals surface area contributed by atoms with Gasteiger partial charge in [0.2, 0.25) is 0 Å². The van der Waals surface area contributed by atoms with Crippen molar-refractivity contribution in [2.75, 3.05) is 0 Å². The van der Waals surface area contributed by atoms with E-state index in [1.54, 1.807) is 12.1 Å². The van der Waals surface area contributed by atoms with Crippen molar-refractivity contribution < 1.29 is 23.8 Å². The third-order valence-corrected chi connectivity index (χ3v) is 4.61. The normalized spacial score (nSPS) is 15.8. The summed E-state index contributed by atoms with van der Waals surface area (Å²) in [5, 5.41) is 12.1. The highest BCUT2D eigenvalue weighted by molar-refractivity contribution is 5.86. The maximum Gasteiger partial charge on any atom is 0.339 e. The molecule has 1 aromatic heterocycles. The Labute approximate surface area is 150 Å². The predicted molar refractivity (Wildman–Crippen MR) is 94.5 cm³/mol. The van der Waals surface area contributed by atoms with Gasteiger partial charge in [-0.1, -0.05) is 0 Å². The summed E-state index contributed by atoms with van der Waals surface area (Å²) in [6.07, 6.45) is 2.74. The van der Waals surface area contributed by atoms with Gasteiger partial charge in [0.1, 0.15) is 17.4 Å². The van der Waals surface area contributed by atoms with Crippen molar-refractivity contribution in [1.29, 1.82) is 0 Å². The number of carbonyl (C=O) groups excluding carboxylic acids is 1. The lowest BCUT2D eigenvalue weighted by Crippen LogP contribution is -2.44. The number of carboxylic acid groups (broad SMARTS) is 1. The van der Waals surface area contributed by atoms with E-state index in [1.807, 2.05) is 6.07 Å². The molecule has 2 N–H and O–H groups in total. The molecule has 1 heterocycles. The van der Waals surface area contributed by atoms with E-state index in [0.717, 1.165) is 42.2 Å². The topological polar surface area (TPSA) is 106 Å². The van der Waals surface area contributed by atoms with Crippen LogP contribution in [0.25, 0.3) is 11.0 Å². The molecule has 3 rings (SSSR count). The van der Waals surface area contributed by atoms with Gasteiger partial charge in [0.05, 0.1) is 0 Å². The number of benzene rings is 1. The second-order valence-corrected chi connectivity index (χ2v) is 6.54. The second kappa shape index (κ2) is 7.19. The maximum atomic E-state index is 12.2. The van der Waals surface area contributed by atoms with Crippen molar-refractivity contribution in [1.82, 2.24) is 5.32 Å². The lowest BCUT2D eigenvalue weighted by atomic mass is 9.91. The van der Waals surface area contributed by atoms with Gasteiger partial charge in [0.15, 0.2) is 6.10 Å². The molecule has 138 valence electrons. The highest BCUT2D eigenvalue weighted by Gasteiger charge is 2.21. The van der Waals surface area contributed by atoms with Crippen molar-refractivity contribution in [2.45, 2.75) is 51.7 Å². The summed E-state index contributed by atoms with van der Waals surface area (Å²) >= 11 is 0. The molecule has 0 fully saturated rings. The summed E-state index contributed by atoms with van der Waals surface area (Å²) in [6.45, 7) is 2.90. The zero-order valence-electron chi connectivity index (χ0n) is 14.7. The van der Waals surface area contributed by atoms with E-state index >= 15 is 0 Å². The van der Waals surface area contributed by atoms with Crippen LogP contribution in [-0.4, -0.2) is 29.1 Å². The monoisotopic (exact) mass is 359 g/mol. The smallest absolute Gasteiger partial charge is 0.339 e. The number of ether oxygens (including phenoxy) is 1. The largest absolute Gasteiger partial charge is 0.481 e. The molecule has 7 heteroatoms. The van der Waals surface area contributed by atoms with Crippen LogP contribution in [0.4, 0.5) is 0 Å². The van der Waals surface area contributed by atoms with Crippen LogP contribution in [-0.2, 0) is 22.4 Å². The fourth-order valence-electron chi connectivity index (χ4n) is 3.15. The van der Waals surface area contributed by atoms with Gasteiger partial charge < -0.3 is 19.6 Å². The van der Waals surface area contributed by atoms with Crippen LogP contribution in [0.2, 0.25) is 0 Å². The summed E-state index contributed by atoms with van der Waals surface area (Å²) in [6, 6.07) is 4.15. The number of aliphatic carboxylic acids is 1. The van der Waals surface area contributed by atoms with E-state index in [2.05, 4.69) is 5.32 Å². The van der Waals surface area contributed by atoms with Crippen molar-refractivity contribution in [3.8, 4) is 5.75 Å². The summed E-state index contributed by atoms with van der Waals surface area (Å²) < 4.78 is 11.0. The van der Waals surface area contributed by atoms with Gasteiger partial charge >= 0.3 is 11.6 Å². The molecule has 0 unspecified atom stereocenters. The molecular weight excluding hydrogens is 338 g/mol. The van der Waals surface area contributed by atoms with Crippen molar-refractivity contribution in [3.05, 3.63) is 39.7 Å². The fourth-order valence-corrected chi connectivity index (χ4v) is 3.15. The van der Waals surface area contributed by atoms with Gasteiger partial charge in [-0.25, -0.2) is 4.79 Å². The number of hydrogen-bond donors (Lipinski definition) is 2. The molecular formula is C19H21NO6. The molecule has 0 aliphatic heterocycles. The van der Waals surface area contributed by atoms with Gasteiger partial charge in [0.25, 0.3) is 5.91 Å². The Morgan fingerprint density at radius 2 is 1.88 bits per heavy atom. The zero-order chi connectivity index (χ0) is 18.8. The molecule has 7 nitrogen and oxygen atoms in total. The number of nitrogens with one attached hydrogen (secondary N) is 1. The average Bonchev–Trinajstić information content (AvgIpc) is 2.61. The Morgan fingerprint density at radius 1 is 1.19 bits per heavy atom. The van der Waals surface area contributed by atoms with Gasteiger partial charge in [-0.05, 0) is 57.2 Å². The molecule has 1 amide bonds. The Morgan fingerprint density at radius 3 is 2.58 bits per heavy atom.